The molecule has 1 atom stereocenters. The molecule has 3 nitrogen and oxygen atoms in total. The van der Waals surface area contributed by atoms with Crippen molar-refractivity contribution in [2.45, 2.75) is 19.9 Å². The lowest BCUT2D eigenvalue weighted by Gasteiger charge is -2.15. The first kappa shape index (κ1) is 14.2. The zero-order valence-electron chi connectivity index (χ0n) is 10.8. The third kappa shape index (κ3) is 3.01. The molecule has 0 amide bonds. The second kappa shape index (κ2) is 5.39. The molecule has 0 aliphatic heterocycles. The Morgan fingerprint density at radius 3 is 2.37 bits per heavy atom. The number of hydrogen-bond acceptors (Lipinski definition) is 2. The van der Waals surface area contributed by atoms with Gasteiger partial charge < -0.3 is 5.32 Å². The van der Waals surface area contributed by atoms with E-state index in [4.69, 9.17) is 23.2 Å². The summed E-state index contributed by atoms with van der Waals surface area (Å²) in [4.78, 5) is 0. The lowest BCUT2D eigenvalue weighted by atomic mass is 10.1. The zero-order valence-corrected chi connectivity index (χ0v) is 12.3. The third-order valence-electron chi connectivity index (χ3n) is 2.88. The molecule has 6 heteroatoms. The first-order chi connectivity index (χ1) is 8.88. The maximum atomic E-state index is 13.3. The highest BCUT2D eigenvalue weighted by Gasteiger charge is 2.13. The zero-order chi connectivity index (χ0) is 14.2. The number of benzene rings is 1. The molecule has 0 spiro atoms. The van der Waals surface area contributed by atoms with Crippen LogP contribution < -0.4 is 5.32 Å². The third-order valence-corrected chi connectivity index (χ3v) is 3.43. The van der Waals surface area contributed by atoms with Crippen molar-refractivity contribution in [2.24, 2.45) is 7.05 Å². The topological polar surface area (TPSA) is 29.9 Å². The van der Waals surface area contributed by atoms with E-state index < -0.39 is 5.82 Å². The number of hydrogen-bond donors (Lipinski definition) is 1. The van der Waals surface area contributed by atoms with Gasteiger partial charge in [0.25, 0.3) is 0 Å². The Morgan fingerprint density at radius 2 is 1.89 bits per heavy atom. The number of aryl methyl sites for hydroxylation is 2. The Balaban J connectivity index is 2.24. The van der Waals surface area contributed by atoms with Crippen molar-refractivity contribution in [1.29, 1.82) is 0 Å². The van der Waals surface area contributed by atoms with Crippen LogP contribution in [0.4, 0.5) is 10.1 Å². The van der Waals surface area contributed by atoms with Crippen LogP contribution in [0.5, 0.6) is 0 Å². The van der Waals surface area contributed by atoms with E-state index in [0.717, 1.165) is 11.3 Å². The van der Waals surface area contributed by atoms with E-state index in [2.05, 4.69) is 10.4 Å². The molecule has 0 aliphatic rings. The summed E-state index contributed by atoms with van der Waals surface area (Å²) in [5, 5.41) is 7.53. The highest BCUT2D eigenvalue weighted by Crippen LogP contribution is 2.29. The fraction of sp³-hybridized carbons (Fsp3) is 0.308. The molecule has 0 saturated heterocycles. The smallest absolute Gasteiger partial charge is 0.160 e. The van der Waals surface area contributed by atoms with Crippen LogP contribution in [-0.2, 0) is 7.05 Å². The van der Waals surface area contributed by atoms with Crippen LogP contribution in [0.2, 0.25) is 10.0 Å². The highest BCUT2D eigenvalue weighted by atomic mass is 35.5. The summed E-state index contributed by atoms with van der Waals surface area (Å²) in [6.07, 6.45) is 1.94. The molecule has 1 aromatic heterocycles. The van der Waals surface area contributed by atoms with Crippen molar-refractivity contribution in [1.82, 2.24) is 9.78 Å². The lowest BCUT2D eigenvalue weighted by Crippen LogP contribution is -2.07. The van der Waals surface area contributed by atoms with Crippen molar-refractivity contribution >= 4 is 28.9 Å². The molecule has 1 heterocycles. The van der Waals surface area contributed by atoms with Crippen LogP contribution in [0.15, 0.2) is 18.3 Å². The number of nitrogens with one attached hydrogen (secondary N) is 1. The van der Waals surface area contributed by atoms with Crippen molar-refractivity contribution in [2.75, 3.05) is 5.32 Å². The van der Waals surface area contributed by atoms with Gasteiger partial charge in [0, 0.05) is 24.5 Å². The average Bonchev–Trinajstić information content (AvgIpc) is 2.65. The summed E-state index contributed by atoms with van der Waals surface area (Å²) in [6, 6.07) is 3.06. The minimum Gasteiger partial charge on any atom is -0.378 e. The Kier molecular flexibility index (Phi) is 4.02. The van der Waals surface area contributed by atoms with Crippen molar-refractivity contribution in [3.05, 3.63) is 45.4 Å². The van der Waals surface area contributed by atoms with Crippen LogP contribution in [-0.4, -0.2) is 9.78 Å². The standard InChI is InChI=1S/C13H14Cl2FN3/c1-7(10-6-19(3)18-8(10)2)17-9-4-11(14)13(16)12(15)5-9/h4-7,17H,1-3H3. The van der Waals surface area contributed by atoms with E-state index in [9.17, 15) is 4.39 Å². The van der Waals surface area contributed by atoms with E-state index in [1.54, 1.807) is 4.68 Å². The maximum Gasteiger partial charge on any atom is 0.160 e. The molecule has 1 N–H and O–H groups in total. The van der Waals surface area contributed by atoms with Gasteiger partial charge in [0.15, 0.2) is 5.82 Å². The number of rotatable bonds is 3. The molecule has 19 heavy (non-hydrogen) atoms. The molecule has 0 aliphatic carbocycles. The summed E-state index contributed by atoms with van der Waals surface area (Å²) in [5.41, 5.74) is 2.69. The second-order valence-corrected chi connectivity index (χ2v) is 5.28. The summed E-state index contributed by atoms with van der Waals surface area (Å²) in [6.45, 7) is 3.94. The van der Waals surface area contributed by atoms with E-state index in [1.807, 2.05) is 27.1 Å². The predicted octanol–water partition coefficient (Wildman–Crippen LogP) is 4.35. The van der Waals surface area contributed by atoms with Crippen LogP contribution >= 0.6 is 23.2 Å². The van der Waals surface area contributed by atoms with Gasteiger partial charge in [-0.2, -0.15) is 5.10 Å². The van der Waals surface area contributed by atoms with Gasteiger partial charge in [-0.25, -0.2) is 4.39 Å². The molecule has 0 saturated carbocycles. The lowest BCUT2D eigenvalue weighted by molar-refractivity contribution is 0.628. The Labute approximate surface area is 121 Å². The van der Waals surface area contributed by atoms with Crippen LogP contribution in [0.3, 0.4) is 0 Å². The van der Waals surface area contributed by atoms with Gasteiger partial charge in [-0.1, -0.05) is 23.2 Å². The molecule has 0 fully saturated rings. The molecular weight excluding hydrogens is 288 g/mol. The average molecular weight is 302 g/mol. The largest absolute Gasteiger partial charge is 0.378 e. The monoisotopic (exact) mass is 301 g/mol. The molecule has 2 aromatic rings. The molecular formula is C13H14Cl2FN3. The summed E-state index contributed by atoms with van der Waals surface area (Å²) in [7, 11) is 1.87. The second-order valence-electron chi connectivity index (χ2n) is 4.46. The van der Waals surface area contributed by atoms with Gasteiger partial charge in [0.2, 0.25) is 0 Å². The highest BCUT2D eigenvalue weighted by molar-refractivity contribution is 6.35. The van der Waals surface area contributed by atoms with Crippen molar-refractivity contribution in [3.8, 4) is 0 Å². The van der Waals surface area contributed by atoms with Gasteiger partial charge in [0.1, 0.15) is 0 Å². The summed E-state index contributed by atoms with van der Waals surface area (Å²) >= 11 is 11.5. The van der Waals surface area contributed by atoms with Gasteiger partial charge in [-0.3, -0.25) is 4.68 Å². The fourth-order valence-electron chi connectivity index (χ4n) is 2.01. The Hall–Kier alpha value is -1.26. The van der Waals surface area contributed by atoms with Gasteiger partial charge in [-0.15, -0.1) is 0 Å². The quantitative estimate of drug-likeness (QED) is 0.854. The van der Waals surface area contributed by atoms with E-state index in [0.29, 0.717) is 5.69 Å². The predicted molar refractivity (Wildman–Crippen MR) is 76.4 cm³/mol. The van der Waals surface area contributed by atoms with Gasteiger partial charge in [-0.05, 0) is 26.0 Å². The fourth-order valence-corrected chi connectivity index (χ4v) is 2.50. The Bertz CT molecular complexity index is 587. The van der Waals surface area contributed by atoms with E-state index in [1.165, 1.54) is 12.1 Å². The maximum absolute atomic E-state index is 13.3. The molecule has 102 valence electrons. The van der Waals surface area contributed by atoms with Crippen molar-refractivity contribution < 1.29 is 4.39 Å². The molecule has 2 rings (SSSR count). The van der Waals surface area contributed by atoms with E-state index >= 15 is 0 Å². The van der Waals surface area contributed by atoms with Crippen molar-refractivity contribution in [3.63, 3.8) is 0 Å². The van der Waals surface area contributed by atoms with Crippen LogP contribution in [0, 0.1) is 12.7 Å². The SMILES string of the molecule is Cc1nn(C)cc1C(C)Nc1cc(Cl)c(F)c(Cl)c1. The number of halogens is 3. The van der Waals surface area contributed by atoms with Crippen LogP contribution in [0.25, 0.3) is 0 Å². The minimum atomic E-state index is -0.598. The van der Waals surface area contributed by atoms with E-state index in [-0.39, 0.29) is 16.1 Å². The molecule has 0 bridgehead atoms. The molecule has 1 aromatic carbocycles. The molecule has 1 unspecified atom stereocenters. The summed E-state index contributed by atoms with van der Waals surface area (Å²) < 4.78 is 15.1. The number of aromatic nitrogens is 2. The normalized spacial score (nSPS) is 12.5. The Morgan fingerprint density at radius 1 is 1.32 bits per heavy atom. The minimum absolute atomic E-state index is 0.00473. The first-order valence-electron chi connectivity index (χ1n) is 5.79. The van der Waals surface area contributed by atoms with Gasteiger partial charge >= 0.3 is 0 Å². The number of anilines is 1. The molecule has 0 radical (unpaired) electrons. The summed E-state index contributed by atoms with van der Waals surface area (Å²) in [5.74, 6) is -0.598. The van der Waals surface area contributed by atoms with Crippen LogP contribution in [0.1, 0.15) is 24.2 Å². The first-order valence-corrected chi connectivity index (χ1v) is 6.55. The van der Waals surface area contributed by atoms with Gasteiger partial charge in [0.05, 0.1) is 21.8 Å². The number of nitrogens with zero attached hydrogens (tertiary/aromatic N) is 2.